The first-order chi connectivity index (χ1) is 8.71. The van der Waals surface area contributed by atoms with Crippen LogP contribution in [-0.2, 0) is 23.9 Å². The van der Waals surface area contributed by atoms with Crippen LogP contribution in [-0.4, -0.2) is 20.0 Å². The van der Waals surface area contributed by atoms with Gasteiger partial charge in [0.1, 0.15) is 0 Å². The maximum Gasteiger partial charge on any atom is 0.416 e. The van der Waals surface area contributed by atoms with Crippen LogP contribution in [0.1, 0.15) is 5.56 Å². The van der Waals surface area contributed by atoms with Gasteiger partial charge in [0.25, 0.3) is 8.87 Å². The molecule has 0 saturated heterocycles. The molecule has 20 heavy (non-hydrogen) atoms. The quantitative estimate of drug-likeness (QED) is 0.574. The fourth-order valence-corrected chi connectivity index (χ4v) is 6.11. The van der Waals surface area contributed by atoms with Gasteiger partial charge in [0.05, 0.1) is 10.5 Å². The molecule has 0 aliphatic rings. The van der Waals surface area contributed by atoms with E-state index >= 15 is 0 Å². The van der Waals surface area contributed by atoms with E-state index in [9.17, 15) is 30.0 Å². The molecule has 0 spiro atoms. The molecule has 0 aromatic heterocycles. The third-order valence-corrected chi connectivity index (χ3v) is 9.75. The highest BCUT2D eigenvalue weighted by Crippen LogP contribution is 2.39. The maximum absolute atomic E-state index is 12.3. The van der Waals surface area contributed by atoms with Gasteiger partial charge in [-0.2, -0.15) is 13.2 Å². The Morgan fingerprint density at radius 1 is 0.850 bits per heavy atom. The predicted molar refractivity (Wildman–Crippen MR) is 67.8 cm³/mol. The molecule has 0 atom stereocenters. The Labute approximate surface area is 126 Å². The van der Waals surface area contributed by atoms with Crippen molar-refractivity contribution in [2.45, 2.75) is 14.2 Å². The average molecular weight is 392 g/mol. The summed E-state index contributed by atoms with van der Waals surface area (Å²) in [6.45, 7) is 0. The van der Waals surface area contributed by atoms with Crippen LogP contribution in [0.25, 0.3) is 0 Å². The summed E-state index contributed by atoms with van der Waals surface area (Å²) in [5, 5.41) is 0. The smallest absolute Gasteiger partial charge is 0.208 e. The monoisotopic (exact) mass is 390 g/mol. The Bertz CT molecular complexity index is 703. The van der Waals surface area contributed by atoms with Crippen LogP contribution < -0.4 is 0 Å². The van der Waals surface area contributed by atoms with E-state index in [2.05, 4.69) is 0 Å². The van der Waals surface area contributed by atoms with Crippen molar-refractivity contribution in [1.29, 1.82) is 0 Å². The molecule has 0 N–H and O–H groups in total. The molecule has 1 rings (SSSR count). The topological polar surface area (TPSA) is 68.3 Å². The van der Waals surface area contributed by atoms with Crippen LogP contribution in [0.5, 0.6) is 0 Å². The number of halogens is 6. The van der Waals surface area contributed by atoms with E-state index in [1.54, 1.807) is 0 Å². The molecule has 0 saturated carbocycles. The molecule has 0 fully saturated rings. The molecule has 0 aliphatic heterocycles. The highest BCUT2D eigenvalue weighted by molar-refractivity contribution is 8.68. The SMILES string of the molecule is O=S(=O)(c1ccc(C(F)(F)F)cc1)S(=O)(=O)C(Cl)(Cl)Cl. The summed E-state index contributed by atoms with van der Waals surface area (Å²) >= 11 is 15.1. The van der Waals surface area contributed by atoms with Crippen molar-refractivity contribution in [3.8, 4) is 0 Å². The van der Waals surface area contributed by atoms with Crippen molar-refractivity contribution in [2.75, 3.05) is 0 Å². The standard InChI is InChI=1S/C8H4Cl3F3O4S2/c9-8(10,11)20(17,18)19(15,16)6-3-1-5(2-4-6)7(12,13)14/h1-4H. The molecule has 0 heterocycles. The zero-order valence-corrected chi connectivity index (χ0v) is 12.9. The molecular formula is C8H4Cl3F3O4S2. The number of rotatable bonds is 2. The minimum absolute atomic E-state index is 0.404. The normalized spacial score (nSPS) is 14.3. The van der Waals surface area contributed by atoms with Gasteiger partial charge < -0.3 is 0 Å². The fraction of sp³-hybridized carbons (Fsp3) is 0.250. The lowest BCUT2D eigenvalue weighted by Gasteiger charge is -2.13. The predicted octanol–water partition coefficient (Wildman–Crippen LogP) is 3.14. The second-order valence-corrected chi connectivity index (χ2v) is 11.9. The molecule has 114 valence electrons. The molecule has 0 unspecified atom stereocenters. The Kier molecular flexibility index (Phi) is 4.64. The van der Waals surface area contributed by atoms with Gasteiger partial charge in [-0.25, -0.2) is 16.8 Å². The highest BCUT2D eigenvalue weighted by Gasteiger charge is 2.49. The third-order valence-electron chi connectivity index (χ3n) is 2.04. The van der Waals surface area contributed by atoms with Crippen LogP contribution >= 0.6 is 34.8 Å². The van der Waals surface area contributed by atoms with Crippen LogP contribution in [0.2, 0.25) is 0 Å². The van der Waals surface area contributed by atoms with Gasteiger partial charge in [0.15, 0.2) is 0 Å². The van der Waals surface area contributed by atoms with Crippen LogP contribution in [0.4, 0.5) is 13.2 Å². The molecule has 0 amide bonds. The van der Waals surface area contributed by atoms with E-state index in [1.165, 1.54) is 0 Å². The van der Waals surface area contributed by atoms with E-state index in [1.807, 2.05) is 0 Å². The van der Waals surface area contributed by atoms with Crippen molar-refractivity contribution >= 4 is 52.5 Å². The fourth-order valence-electron chi connectivity index (χ4n) is 1.06. The molecule has 1 aromatic carbocycles. The average Bonchev–Trinajstić information content (AvgIpc) is 2.26. The zero-order valence-electron chi connectivity index (χ0n) is 9.03. The minimum atomic E-state index is -5.29. The molecular weight excluding hydrogens is 388 g/mol. The number of benzene rings is 1. The summed E-state index contributed by atoms with van der Waals surface area (Å²) in [7, 11) is -10.4. The van der Waals surface area contributed by atoms with E-state index < -0.39 is 37.5 Å². The summed E-state index contributed by atoms with van der Waals surface area (Å²) in [6.07, 6.45) is -4.70. The Hall–Kier alpha value is -0.220. The van der Waals surface area contributed by atoms with Crippen LogP contribution in [0.3, 0.4) is 0 Å². The van der Waals surface area contributed by atoms with Gasteiger partial charge in [-0.1, -0.05) is 34.8 Å². The van der Waals surface area contributed by atoms with E-state index in [0.29, 0.717) is 24.3 Å². The van der Waals surface area contributed by atoms with Gasteiger partial charge in [-0.3, -0.25) is 0 Å². The molecule has 4 nitrogen and oxygen atoms in total. The largest absolute Gasteiger partial charge is 0.416 e. The summed E-state index contributed by atoms with van der Waals surface area (Å²) in [5.74, 6) is 0. The van der Waals surface area contributed by atoms with Gasteiger partial charge in [-0.05, 0) is 24.3 Å². The summed E-state index contributed by atoms with van der Waals surface area (Å²) in [4.78, 5) is -0.933. The van der Waals surface area contributed by atoms with E-state index in [-0.39, 0.29) is 0 Å². The Morgan fingerprint density at radius 2 is 1.25 bits per heavy atom. The van der Waals surface area contributed by atoms with Gasteiger partial charge >= 0.3 is 18.2 Å². The van der Waals surface area contributed by atoms with Crippen molar-refractivity contribution in [3.05, 3.63) is 29.8 Å². The number of alkyl halides is 6. The summed E-state index contributed by atoms with van der Waals surface area (Å²) < 4.78 is 80.3. The summed E-state index contributed by atoms with van der Waals surface area (Å²) in [5.41, 5.74) is -1.15. The number of hydrogen-bond donors (Lipinski definition) is 0. The lowest BCUT2D eigenvalue weighted by atomic mass is 10.2. The van der Waals surface area contributed by atoms with Crippen molar-refractivity contribution in [1.82, 2.24) is 0 Å². The van der Waals surface area contributed by atoms with Crippen LogP contribution in [0.15, 0.2) is 29.2 Å². The van der Waals surface area contributed by atoms with Crippen molar-refractivity contribution in [3.63, 3.8) is 0 Å². The molecule has 0 bridgehead atoms. The minimum Gasteiger partial charge on any atom is -0.208 e. The first-order valence-corrected chi connectivity index (χ1v) is 9.06. The van der Waals surface area contributed by atoms with Gasteiger partial charge in [0.2, 0.25) is 0 Å². The third kappa shape index (κ3) is 3.16. The number of hydrogen-bond acceptors (Lipinski definition) is 4. The first kappa shape index (κ1) is 17.8. The Balaban J connectivity index is 3.40. The van der Waals surface area contributed by atoms with Crippen LogP contribution in [0, 0.1) is 0 Å². The van der Waals surface area contributed by atoms with Gasteiger partial charge in [-0.15, -0.1) is 0 Å². The second kappa shape index (κ2) is 5.20. The molecule has 12 heteroatoms. The molecule has 0 aliphatic carbocycles. The molecule has 0 radical (unpaired) electrons. The van der Waals surface area contributed by atoms with Crippen molar-refractivity contribution < 1.29 is 30.0 Å². The van der Waals surface area contributed by atoms with E-state index in [0.717, 1.165) is 0 Å². The second-order valence-electron chi connectivity index (χ2n) is 3.38. The lowest BCUT2D eigenvalue weighted by molar-refractivity contribution is -0.137. The first-order valence-electron chi connectivity index (χ1n) is 4.45. The maximum atomic E-state index is 12.3. The van der Waals surface area contributed by atoms with E-state index in [4.69, 9.17) is 34.8 Å². The molecule has 1 aromatic rings. The van der Waals surface area contributed by atoms with Crippen molar-refractivity contribution in [2.24, 2.45) is 0 Å². The summed E-state index contributed by atoms with van der Waals surface area (Å²) in [6, 6.07) is 1.74. The van der Waals surface area contributed by atoms with Gasteiger partial charge in [0, 0.05) is 0 Å². The highest BCUT2D eigenvalue weighted by atomic mass is 35.6. The lowest BCUT2D eigenvalue weighted by Crippen LogP contribution is -2.28. The Morgan fingerprint density at radius 3 is 1.55 bits per heavy atom. The zero-order chi connectivity index (χ0) is 16.0.